The first-order chi connectivity index (χ1) is 10.6. The molecule has 3 rings (SSSR count). The number of amides is 1. The lowest BCUT2D eigenvalue weighted by Gasteiger charge is -2.44. The Labute approximate surface area is 132 Å². The smallest absolute Gasteiger partial charge is 0.254 e. The largest absolute Gasteiger partial charge is 0.370 e. The van der Waals surface area contributed by atoms with Gasteiger partial charge < -0.3 is 14.4 Å². The second-order valence-electron chi connectivity index (χ2n) is 6.61. The fourth-order valence-corrected chi connectivity index (χ4v) is 3.13. The Morgan fingerprint density at radius 2 is 2.14 bits per heavy atom. The molecule has 1 aromatic carbocycles. The highest BCUT2D eigenvalue weighted by Gasteiger charge is 2.43. The van der Waals surface area contributed by atoms with Crippen molar-refractivity contribution in [3.63, 3.8) is 0 Å². The van der Waals surface area contributed by atoms with Gasteiger partial charge in [0.05, 0.1) is 12.7 Å². The van der Waals surface area contributed by atoms with Gasteiger partial charge in [-0.15, -0.1) is 0 Å². The Morgan fingerprint density at radius 3 is 2.82 bits per heavy atom. The maximum atomic E-state index is 12.5. The molecule has 22 heavy (non-hydrogen) atoms. The Morgan fingerprint density at radius 1 is 1.36 bits per heavy atom. The summed E-state index contributed by atoms with van der Waals surface area (Å²) in [5.41, 5.74) is 1.85. The van der Waals surface area contributed by atoms with Crippen LogP contribution in [0.25, 0.3) is 0 Å². The lowest BCUT2D eigenvalue weighted by Crippen LogP contribution is -2.61. The predicted octanol–water partition coefficient (Wildman–Crippen LogP) is 2.68. The van der Waals surface area contributed by atoms with Crippen molar-refractivity contribution in [2.75, 3.05) is 19.7 Å². The van der Waals surface area contributed by atoms with Gasteiger partial charge in [-0.25, -0.2) is 0 Å². The van der Waals surface area contributed by atoms with Crippen molar-refractivity contribution >= 4 is 5.91 Å². The molecule has 2 fully saturated rings. The molecule has 0 spiro atoms. The molecule has 0 saturated carbocycles. The third-order valence-corrected chi connectivity index (χ3v) is 4.79. The zero-order valence-electron chi connectivity index (χ0n) is 13.5. The molecule has 2 aliphatic rings. The summed E-state index contributed by atoms with van der Waals surface area (Å²) in [4.78, 5) is 14.4. The summed E-state index contributed by atoms with van der Waals surface area (Å²) in [7, 11) is 0. The maximum Gasteiger partial charge on any atom is 0.254 e. The number of rotatable bonds is 4. The number of carbonyl (C=O) groups is 1. The van der Waals surface area contributed by atoms with Gasteiger partial charge >= 0.3 is 0 Å². The minimum atomic E-state index is -0.612. The second-order valence-corrected chi connectivity index (χ2v) is 6.61. The summed E-state index contributed by atoms with van der Waals surface area (Å²) < 4.78 is 11.6. The Bertz CT molecular complexity index is 531. The molecule has 4 heteroatoms. The Balaban J connectivity index is 1.46. The zero-order chi connectivity index (χ0) is 15.6. The van der Waals surface area contributed by atoms with E-state index in [0.717, 1.165) is 19.3 Å². The molecule has 2 saturated heterocycles. The molecule has 1 aromatic rings. The van der Waals surface area contributed by atoms with Crippen LogP contribution >= 0.6 is 0 Å². The quantitative estimate of drug-likeness (QED) is 0.858. The van der Waals surface area contributed by atoms with Gasteiger partial charge in [-0.3, -0.25) is 4.79 Å². The standard InChI is InChI=1S/C18H25NO3/c1-14-7-3-4-8-15(14)13-21-16-11-19(12-16)17(20)18(2)9-5-6-10-22-18/h3-4,7-8,16H,5-6,9-13H2,1-2H3. The van der Waals surface area contributed by atoms with Crippen LogP contribution in [0.4, 0.5) is 0 Å². The molecule has 0 aromatic heterocycles. The average molecular weight is 303 g/mol. The van der Waals surface area contributed by atoms with E-state index in [1.807, 2.05) is 24.0 Å². The van der Waals surface area contributed by atoms with Gasteiger partial charge in [-0.05, 0) is 44.2 Å². The van der Waals surface area contributed by atoms with Crippen molar-refractivity contribution in [1.29, 1.82) is 0 Å². The average Bonchev–Trinajstić information content (AvgIpc) is 2.48. The SMILES string of the molecule is Cc1ccccc1COC1CN(C(=O)C2(C)CCCCO2)C1. The molecule has 120 valence electrons. The summed E-state index contributed by atoms with van der Waals surface area (Å²) in [6.45, 7) is 6.70. The van der Waals surface area contributed by atoms with E-state index in [2.05, 4.69) is 19.1 Å². The topological polar surface area (TPSA) is 38.8 Å². The van der Waals surface area contributed by atoms with E-state index >= 15 is 0 Å². The van der Waals surface area contributed by atoms with Gasteiger partial charge in [0.25, 0.3) is 5.91 Å². The zero-order valence-corrected chi connectivity index (χ0v) is 13.5. The van der Waals surface area contributed by atoms with E-state index in [-0.39, 0.29) is 12.0 Å². The van der Waals surface area contributed by atoms with Crippen LogP contribution in [0.5, 0.6) is 0 Å². The lowest BCUT2D eigenvalue weighted by molar-refractivity contribution is -0.174. The molecule has 1 amide bonds. The van der Waals surface area contributed by atoms with Crippen LogP contribution in [-0.4, -0.2) is 42.2 Å². The number of carbonyl (C=O) groups excluding carboxylic acids is 1. The molecule has 0 radical (unpaired) electrons. The first-order valence-electron chi connectivity index (χ1n) is 8.18. The number of ether oxygens (including phenoxy) is 2. The van der Waals surface area contributed by atoms with E-state index in [1.54, 1.807) is 0 Å². The number of hydrogen-bond donors (Lipinski definition) is 0. The van der Waals surface area contributed by atoms with E-state index in [9.17, 15) is 4.79 Å². The van der Waals surface area contributed by atoms with Gasteiger partial charge in [0.1, 0.15) is 5.60 Å². The number of hydrogen-bond acceptors (Lipinski definition) is 3. The summed E-state index contributed by atoms with van der Waals surface area (Å²) in [6, 6.07) is 8.25. The van der Waals surface area contributed by atoms with E-state index < -0.39 is 5.60 Å². The minimum absolute atomic E-state index is 0.128. The van der Waals surface area contributed by atoms with Crippen LogP contribution < -0.4 is 0 Å². The van der Waals surface area contributed by atoms with E-state index in [1.165, 1.54) is 11.1 Å². The molecule has 2 heterocycles. The molecule has 0 N–H and O–H groups in total. The monoisotopic (exact) mass is 303 g/mol. The molecule has 1 atom stereocenters. The van der Waals surface area contributed by atoms with Crippen LogP contribution in [0, 0.1) is 6.92 Å². The van der Waals surface area contributed by atoms with Crippen molar-refractivity contribution in [2.24, 2.45) is 0 Å². The second kappa shape index (κ2) is 6.39. The molecule has 2 aliphatic heterocycles. The third kappa shape index (κ3) is 3.18. The molecule has 4 nitrogen and oxygen atoms in total. The summed E-state index contributed by atoms with van der Waals surface area (Å²) >= 11 is 0. The van der Waals surface area contributed by atoms with E-state index in [4.69, 9.17) is 9.47 Å². The fourth-order valence-electron chi connectivity index (χ4n) is 3.13. The van der Waals surface area contributed by atoms with Crippen molar-refractivity contribution in [3.05, 3.63) is 35.4 Å². The van der Waals surface area contributed by atoms with Gasteiger partial charge in [0, 0.05) is 19.7 Å². The lowest BCUT2D eigenvalue weighted by atomic mass is 9.93. The van der Waals surface area contributed by atoms with Gasteiger partial charge in [-0.1, -0.05) is 24.3 Å². The Kier molecular flexibility index (Phi) is 4.50. The van der Waals surface area contributed by atoms with Crippen molar-refractivity contribution < 1.29 is 14.3 Å². The van der Waals surface area contributed by atoms with Crippen LogP contribution in [-0.2, 0) is 20.9 Å². The predicted molar refractivity (Wildman–Crippen MR) is 84.5 cm³/mol. The number of nitrogens with zero attached hydrogens (tertiary/aromatic N) is 1. The van der Waals surface area contributed by atoms with Gasteiger partial charge in [-0.2, -0.15) is 0 Å². The highest BCUT2D eigenvalue weighted by molar-refractivity contribution is 5.85. The summed E-state index contributed by atoms with van der Waals surface area (Å²) in [6.07, 6.45) is 3.11. The van der Waals surface area contributed by atoms with Crippen molar-refractivity contribution in [2.45, 2.75) is 51.4 Å². The summed E-state index contributed by atoms with van der Waals surface area (Å²) in [5.74, 6) is 0.128. The van der Waals surface area contributed by atoms with Crippen molar-refractivity contribution in [3.8, 4) is 0 Å². The highest BCUT2D eigenvalue weighted by Crippen LogP contribution is 2.29. The normalized spacial score (nSPS) is 25.8. The molecule has 1 unspecified atom stereocenters. The number of benzene rings is 1. The molecule has 0 aliphatic carbocycles. The van der Waals surface area contributed by atoms with Gasteiger partial charge in [0.15, 0.2) is 0 Å². The van der Waals surface area contributed by atoms with Crippen molar-refractivity contribution in [1.82, 2.24) is 4.90 Å². The molecular formula is C18H25NO3. The fraction of sp³-hybridized carbons (Fsp3) is 0.611. The Hall–Kier alpha value is -1.39. The minimum Gasteiger partial charge on any atom is -0.370 e. The van der Waals surface area contributed by atoms with Crippen LogP contribution in [0.15, 0.2) is 24.3 Å². The van der Waals surface area contributed by atoms with Crippen LogP contribution in [0.1, 0.15) is 37.3 Å². The van der Waals surface area contributed by atoms with Crippen LogP contribution in [0.3, 0.4) is 0 Å². The maximum absolute atomic E-state index is 12.5. The third-order valence-electron chi connectivity index (χ3n) is 4.79. The molecular weight excluding hydrogens is 278 g/mol. The number of aryl methyl sites for hydroxylation is 1. The molecule has 0 bridgehead atoms. The van der Waals surface area contributed by atoms with Crippen LogP contribution in [0.2, 0.25) is 0 Å². The number of likely N-dealkylation sites (tertiary alicyclic amines) is 1. The first kappa shape index (κ1) is 15.5. The first-order valence-corrected chi connectivity index (χ1v) is 8.18. The highest BCUT2D eigenvalue weighted by atomic mass is 16.5. The van der Waals surface area contributed by atoms with Gasteiger partial charge in [0.2, 0.25) is 0 Å². The summed E-state index contributed by atoms with van der Waals surface area (Å²) in [5, 5.41) is 0. The van der Waals surface area contributed by atoms with E-state index in [0.29, 0.717) is 26.3 Å².